The fraction of sp³-hybridized carbons (Fsp3) is 0.333. The Kier molecular flexibility index (Phi) is 3.31. The zero-order chi connectivity index (χ0) is 11.4. The van der Waals surface area contributed by atoms with Crippen LogP contribution in [0.1, 0.15) is 18.4 Å². The van der Waals surface area contributed by atoms with Gasteiger partial charge in [0.15, 0.2) is 0 Å². The van der Waals surface area contributed by atoms with Crippen LogP contribution >= 0.6 is 0 Å². The average Bonchev–Trinajstić information content (AvgIpc) is 2.78. The van der Waals surface area contributed by atoms with Gasteiger partial charge in [0.25, 0.3) is 0 Å². The van der Waals surface area contributed by atoms with Gasteiger partial charge in [-0.2, -0.15) is 0 Å². The van der Waals surface area contributed by atoms with Crippen molar-refractivity contribution in [1.29, 1.82) is 0 Å². The van der Waals surface area contributed by atoms with E-state index in [1.54, 1.807) is 0 Å². The second-order valence-corrected chi connectivity index (χ2v) is 3.58. The number of hydrogen-bond acceptors (Lipinski definition) is 4. The van der Waals surface area contributed by atoms with E-state index in [1.165, 1.54) is 5.56 Å². The molecule has 0 aliphatic heterocycles. The van der Waals surface area contributed by atoms with Crippen LogP contribution in [0.15, 0.2) is 28.7 Å². The molecule has 4 heteroatoms. The third kappa shape index (κ3) is 2.28. The summed E-state index contributed by atoms with van der Waals surface area (Å²) >= 11 is 0. The summed E-state index contributed by atoms with van der Waals surface area (Å²) in [6, 6.07) is 8.18. The molecule has 0 amide bonds. The lowest BCUT2D eigenvalue weighted by Gasteiger charge is -1.97. The number of nitrogens with one attached hydrogen (secondary N) is 1. The van der Waals surface area contributed by atoms with Crippen LogP contribution in [0.25, 0.3) is 11.5 Å². The fourth-order valence-electron chi connectivity index (χ4n) is 1.48. The molecule has 0 aliphatic rings. The predicted octanol–water partition coefficient (Wildman–Crippen LogP) is 2.02. The van der Waals surface area contributed by atoms with Gasteiger partial charge >= 0.3 is 0 Å². The van der Waals surface area contributed by atoms with E-state index in [0.29, 0.717) is 18.3 Å². The Morgan fingerprint density at radius 3 is 2.56 bits per heavy atom. The van der Waals surface area contributed by atoms with Crippen molar-refractivity contribution >= 4 is 0 Å². The SMILES string of the molecule is CCc1ccc(-c2nnc(CNC)o2)cc1. The van der Waals surface area contributed by atoms with Crippen molar-refractivity contribution in [3.05, 3.63) is 35.7 Å². The van der Waals surface area contributed by atoms with Gasteiger partial charge in [-0.3, -0.25) is 0 Å². The summed E-state index contributed by atoms with van der Waals surface area (Å²) in [5.74, 6) is 1.19. The van der Waals surface area contributed by atoms with Crippen LogP contribution in [0.3, 0.4) is 0 Å². The van der Waals surface area contributed by atoms with Crippen LogP contribution in [0, 0.1) is 0 Å². The Bertz CT molecular complexity index is 448. The van der Waals surface area contributed by atoms with Crippen LogP contribution in [-0.4, -0.2) is 17.2 Å². The number of hydrogen-bond donors (Lipinski definition) is 1. The van der Waals surface area contributed by atoms with Crippen molar-refractivity contribution in [3.63, 3.8) is 0 Å². The maximum atomic E-state index is 5.50. The van der Waals surface area contributed by atoms with Crippen molar-refractivity contribution in [3.8, 4) is 11.5 Å². The maximum Gasteiger partial charge on any atom is 0.247 e. The molecule has 0 fully saturated rings. The number of benzene rings is 1. The molecular weight excluding hydrogens is 202 g/mol. The van der Waals surface area contributed by atoms with Gasteiger partial charge in [-0.1, -0.05) is 19.1 Å². The smallest absolute Gasteiger partial charge is 0.247 e. The van der Waals surface area contributed by atoms with Gasteiger partial charge in [0.05, 0.1) is 6.54 Å². The molecule has 0 radical (unpaired) electrons. The molecule has 2 rings (SSSR count). The van der Waals surface area contributed by atoms with Crippen molar-refractivity contribution in [2.75, 3.05) is 7.05 Å². The first kappa shape index (κ1) is 10.8. The zero-order valence-electron chi connectivity index (χ0n) is 9.53. The second kappa shape index (κ2) is 4.90. The highest BCUT2D eigenvalue weighted by atomic mass is 16.4. The molecule has 2 aromatic rings. The molecule has 1 aromatic carbocycles. The minimum atomic E-state index is 0.577. The highest BCUT2D eigenvalue weighted by Gasteiger charge is 2.07. The normalized spacial score (nSPS) is 10.6. The number of aromatic nitrogens is 2. The molecule has 0 saturated carbocycles. The number of rotatable bonds is 4. The minimum Gasteiger partial charge on any atom is -0.419 e. The molecule has 4 nitrogen and oxygen atoms in total. The standard InChI is InChI=1S/C12H15N3O/c1-3-9-4-6-10(7-5-9)12-15-14-11(16-12)8-13-2/h4-7,13H,3,8H2,1-2H3. The first-order valence-electron chi connectivity index (χ1n) is 5.39. The summed E-state index contributed by atoms with van der Waals surface area (Å²) in [5.41, 5.74) is 2.27. The fourth-order valence-corrected chi connectivity index (χ4v) is 1.48. The van der Waals surface area contributed by atoms with E-state index in [4.69, 9.17) is 4.42 Å². The minimum absolute atomic E-state index is 0.577. The van der Waals surface area contributed by atoms with Gasteiger partial charge < -0.3 is 9.73 Å². The van der Waals surface area contributed by atoms with Crippen molar-refractivity contribution in [1.82, 2.24) is 15.5 Å². The van der Waals surface area contributed by atoms with Crippen LogP contribution in [0.2, 0.25) is 0 Å². The third-order valence-electron chi connectivity index (χ3n) is 2.40. The van der Waals surface area contributed by atoms with Gasteiger partial charge in [0.1, 0.15) is 0 Å². The van der Waals surface area contributed by atoms with E-state index >= 15 is 0 Å². The lowest BCUT2D eigenvalue weighted by molar-refractivity contribution is 0.490. The monoisotopic (exact) mass is 217 g/mol. The highest BCUT2D eigenvalue weighted by Crippen LogP contribution is 2.18. The molecule has 16 heavy (non-hydrogen) atoms. The molecule has 84 valence electrons. The Labute approximate surface area is 94.7 Å². The Morgan fingerprint density at radius 2 is 1.94 bits per heavy atom. The van der Waals surface area contributed by atoms with E-state index in [2.05, 4.69) is 34.6 Å². The topological polar surface area (TPSA) is 51.0 Å². The molecule has 0 saturated heterocycles. The molecule has 0 spiro atoms. The third-order valence-corrected chi connectivity index (χ3v) is 2.40. The zero-order valence-corrected chi connectivity index (χ0v) is 9.53. The van der Waals surface area contributed by atoms with E-state index in [0.717, 1.165) is 12.0 Å². The largest absolute Gasteiger partial charge is 0.419 e. The molecule has 1 N–H and O–H groups in total. The van der Waals surface area contributed by atoms with Gasteiger partial charge in [-0.25, -0.2) is 0 Å². The van der Waals surface area contributed by atoms with E-state index in [9.17, 15) is 0 Å². The van der Waals surface area contributed by atoms with Gasteiger partial charge in [0.2, 0.25) is 11.8 Å². The van der Waals surface area contributed by atoms with E-state index in [-0.39, 0.29) is 0 Å². The molecule has 1 heterocycles. The molecule has 0 aliphatic carbocycles. The second-order valence-electron chi connectivity index (χ2n) is 3.58. The Morgan fingerprint density at radius 1 is 1.19 bits per heavy atom. The summed E-state index contributed by atoms with van der Waals surface area (Å²) in [4.78, 5) is 0. The van der Waals surface area contributed by atoms with Crippen LogP contribution < -0.4 is 5.32 Å². The summed E-state index contributed by atoms with van der Waals surface area (Å²) in [6.07, 6.45) is 1.04. The van der Waals surface area contributed by atoms with Gasteiger partial charge in [-0.15, -0.1) is 10.2 Å². The van der Waals surface area contributed by atoms with Crippen molar-refractivity contribution in [2.24, 2.45) is 0 Å². The maximum absolute atomic E-state index is 5.50. The van der Waals surface area contributed by atoms with Crippen molar-refractivity contribution in [2.45, 2.75) is 19.9 Å². The van der Waals surface area contributed by atoms with Crippen molar-refractivity contribution < 1.29 is 4.42 Å². The highest BCUT2D eigenvalue weighted by molar-refractivity contribution is 5.52. The quantitative estimate of drug-likeness (QED) is 0.851. The first-order valence-corrected chi connectivity index (χ1v) is 5.39. The molecule has 0 atom stereocenters. The summed E-state index contributed by atoms with van der Waals surface area (Å²) < 4.78 is 5.50. The Hall–Kier alpha value is -1.68. The summed E-state index contributed by atoms with van der Waals surface area (Å²) in [7, 11) is 1.85. The molecule has 1 aromatic heterocycles. The summed E-state index contributed by atoms with van der Waals surface area (Å²) in [5, 5.41) is 10.9. The van der Waals surface area contributed by atoms with E-state index in [1.807, 2.05) is 19.2 Å². The van der Waals surface area contributed by atoms with Crippen LogP contribution in [-0.2, 0) is 13.0 Å². The average molecular weight is 217 g/mol. The Balaban J connectivity index is 2.21. The molecule has 0 unspecified atom stereocenters. The van der Waals surface area contributed by atoms with E-state index < -0.39 is 0 Å². The molecular formula is C12H15N3O. The van der Waals surface area contributed by atoms with Gasteiger partial charge in [-0.05, 0) is 31.2 Å². The lowest BCUT2D eigenvalue weighted by atomic mass is 10.1. The molecule has 0 bridgehead atoms. The predicted molar refractivity (Wildman–Crippen MR) is 61.9 cm³/mol. The van der Waals surface area contributed by atoms with Gasteiger partial charge in [0, 0.05) is 5.56 Å². The first-order chi connectivity index (χ1) is 7.83. The number of aryl methyl sites for hydroxylation is 1. The number of nitrogens with zero attached hydrogens (tertiary/aromatic N) is 2. The van der Waals surface area contributed by atoms with Crippen LogP contribution in [0.5, 0.6) is 0 Å². The van der Waals surface area contributed by atoms with Crippen LogP contribution in [0.4, 0.5) is 0 Å². The summed E-state index contributed by atoms with van der Waals surface area (Å²) in [6.45, 7) is 2.73. The lowest BCUT2D eigenvalue weighted by Crippen LogP contribution is -2.04.